The topological polar surface area (TPSA) is 49.7 Å². The molecule has 0 fully saturated rings. The van der Waals surface area contributed by atoms with Crippen LogP contribution in [0.15, 0.2) is 12.1 Å². The molecule has 2 N–H and O–H groups in total. The van der Waals surface area contributed by atoms with Gasteiger partial charge in [-0.25, -0.2) is 0 Å². The quantitative estimate of drug-likeness (QED) is 0.767. The number of aliphatic hydroxyl groups excluding tert-OH is 2. The summed E-state index contributed by atoms with van der Waals surface area (Å²) < 4.78 is 5.13. The molecule has 0 bridgehead atoms. The highest BCUT2D eigenvalue weighted by Crippen LogP contribution is 2.28. The monoisotopic (exact) mass is 196 g/mol. The molecule has 78 valence electrons. The van der Waals surface area contributed by atoms with Gasteiger partial charge in [0, 0.05) is 5.56 Å². The van der Waals surface area contributed by atoms with Crippen molar-refractivity contribution in [3.63, 3.8) is 0 Å². The SMILES string of the molecule is COc1cc(C)c(C)cc1C(O)CO. The van der Waals surface area contributed by atoms with Crippen molar-refractivity contribution in [1.82, 2.24) is 0 Å². The third-order valence-electron chi connectivity index (χ3n) is 2.38. The molecule has 0 spiro atoms. The first kappa shape index (κ1) is 11.0. The molecule has 0 aliphatic heterocycles. The molecule has 0 aliphatic carbocycles. The zero-order valence-corrected chi connectivity index (χ0v) is 8.74. The summed E-state index contributed by atoms with van der Waals surface area (Å²) in [5.41, 5.74) is 2.82. The normalized spacial score (nSPS) is 12.6. The summed E-state index contributed by atoms with van der Waals surface area (Å²) in [7, 11) is 1.55. The first-order valence-corrected chi connectivity index (χ1v) is 4.54. The van der Waals surface area contributed by atoms with Crippen molar-refractivity contribution in [2.75, 3.05) is 13.7 Å². The highest BCUT2D eigenvalue weighted by molar-refractivity contribution is 5.42. The molecule has 1 rings (SSSR count). The van der Waals surface area contributed by atoms with Crippen molar-refractivity contribution in [1.29, 1.82) is 0 Å². The number of hydrogen-bond acceptors (Lipinski definition) is 3. The van der Waals surface area contributed by atoms with Gasteiger partial charge in [0.25, 0.3) is 0 Å². The van der Waals surface area contributed by atoms with Crippen molar-refractivity contribution >= 4 is 0 Å². The summed E-state index contributed by atoms with van der Waals surface area (Å²) >= 11 is 0. The maximum absolute atomic E-state index is 9.53. The summed E-state index contributed by atoms with van der Waals surface area (Å²) in [4.78, 5) is 0. The average Bonchev–Trinajstić information content (AvgIpc) is 2.20. The molecule has 0 saturated heterocycles. The number of benzene rings is 1. The number of hydrogen-bond donors (Lipinski definition) is 2. The van der Waals surface area contributed by atoms with Crippen LogP contribution < -0.4 is 4.74 Å². The van der Waals surface area contributed by atoms with Gasteiger partial charge in [-0.2, -0.15) is 0 Å². The van der Waals surface area contributed by atoms with E-state index in [0.717, 1.165) is 11.1 Å². The fourth-order valence-corrected chi connectivity index (χ4v) is 1.35. The Bertz CT molecular complexity index is 321. The molecular weight excluding hydrogens is 180 g/mol. The van der Waals surface area contributed by atoms with Crippen LogP contribution in [0.4, 0.5) is 0 Å². The second-order valence-electron chi connectivity index (χ2n) is 3.38. The first-order valence-electron chi connectivity index (χ1n) is 4.54. The molecule has 3 nitrogen and oxygen atoms in total. The van der Waals surface area contributed by atoms with Crippen LogP contribution in [-0.2, 0) is 0 Å². The van der Waals surface area contributed by atoms with Gasteiger partial charge in [0.15, 0.2) is 0 Å². The minimum absolute atomic E-state index is 0.293. The first-order chi connectivity index (χ1) is 6.60. The maximum atomic E-state index is 9.53. The Morgan fingerprint density at radius 1 is 1.29 bits per heavy atom. The minimum Gasteiger partial charge on any atom is -0.496 e. The molecule has 0 aliphatic rings. The molecule has 14 heavy (non-hydrogen) atoms. The van der Waals surface area contributed by atoms with Crippen molar-refractivity contribution in [2.24, 2.45) is 0 Å². The third kappa shape index (κ3) is 2.05. The molecule has 1 atom stereocenters. The van der Waals surface area contributed by atoms with E-state index in [1.807, 2.05) is 26.0 Å². The summed E-state index contributed by atoms with van der Waals surface area (Å²) in [6, 6.07) is 3.71. The lowest BCUT2D eigenvalue weighted by atomic mass is 10.0. The van der Waals surface area contributed by atoms with Crippen LogP contribution in [0.1, 0.15) is 22.8 Å². The van der Waals surface area contributed by atoms with Crippen LogP contribution in [0.5, 0.6) is 5.75 Å². The Morgan fingerprint density at radius 2 is 1.86 bits per heavy atom. The van der Waals surface area contributed by atoms with Gasteiger partial charge in [-0.3, -0.25) is 0 Å². The van der Waals surface area contributed by atoms with Crippen molar-refractivity contribution < 1.29 is 14.9 Å². The van der Waals surface area contributed by atoms with Gasteiger partial charge in [0.1, 0.15) is 11.9 Å². The van der Waals surface area contributed by atoms with E-state index in [0.29, 0.717) is 11.3 Å². The second kappa shape index (κ2) is 4.44. The molecular formula is C11H16O3. The summed E-state index contributed by atoms with van der Waals surface area (Å²) in [6.45, 7) is 3.65. The van der Waals surface area contributed by atoms with Gasteiger partial charge in [0.05, 0.1) is 13.7 Å². The van der Waals surface area contributed by atoms with Gasteiger partial charge >= 0.3 is 0 Å². The van der Waals surface area contributed by atoms with Crippen LogP contribution in [0.3, 0.4) is 0 Å². The number of aryl methyl sites for hydroxylation is 2. The van der Waals surface area contributed by atoms with E-state index >= 15 is 0 Å². The van der Waals surface area contributed by atoms with Gasteiger partial charge in [0.2, 0.25) is 0 Å². The molecule has 1 aromatic rings. The number of rotatable bonds is 3. The third-order valence-corrected chi connectivity index (χ3v) is 2.38. The predicted molar refractivity (Wildman–Crippen MR) is 54.5 cm³/mol. The average molecular weight is 196 g/mol. The Balaban J connectivity index is 3.19. The standard InChI is InChI=1S/C11H16O3/c1-7-4-9(10(13)6-12)11(14-3)5-8(7)2/h4-5,10,12-13H,6H2,1-3H3. The van der Waals surface area contributed by atoms with E-state index < -0.39 is 6.10 Å². The molecule has 1 aromatic carbocycles. The zero-order chi connectivity index (χ0) is 10.7. The fraction of sp³-hybridized carbons (Fsp3) is 0.455. The fourth-order valence-electron chi connectivity index (χ4n) is 1.35. The Labute approximate surface area is 84.0 Å². The highest BCUT2D eigenvalue weighted by atomic mass is 16.5. The molecule has 1 unspecified atom stereocenters. The Morgan fingerprint density at radius 3 is 2.36 bits per heavy atom. The van der Waals surface area contributed by atoms with Crippen LogP contribution >= 0.6 is 0 Å². The van der Waals surface area contributed by atoms with Crippen LogP contribution in [0, 0.1) is 13.8 Å². The van der Waals surface area contributed by atoms with Crippen molar-refractivity contribution in [3.05, 3.63) is 28.8 Å². The minimum atomic E-state index is -0.871. The lowest BCUT2D eigenvalue weighted by Crippen LogP contribution is -2.05. The lowest BCUT2D eigenvalue weighted by Gasteiger charge is -2.14. The van der Waals surface area contributed by atoms with E-state index in [-0.39, 0.29) is 6.61 Å². The zero-order valence-electron chi connectivity index (χ0n) is 8.74. The molecule has 0 saturated carbocycles. The van der Waals surface area contributed by atoms with Gasteiger partial charge in [-0.05, 0) is 37.1 Å². The molecule has 0 heterocycles. The van der Waals surface area contributed by atoms with Crippen molar-refractivity contribution in [2.45, 2.75) is 20.0 Å². The van der Waals surface area contributed by atoms with Crippen molar-refractivity contribution in [3.8, 4) is 5.75 Å². The van der Waals surface area contributed by atoms with E-state index in [9.17, 15) is 5.11 Å². The number of aliphatic hydroxyl groups is 2. The Hall–Kier alpha value is -1.06. The highest BCUT2D eigenvalue weighted by Gasteiger charge is 2.13. The number of ether oxygens (including phenoxy) is 1. The van der Waals surface area contributed by atoms with Crippen LogP contribution in [0.2, 0.25) is 0 Å². The predicted octanol–water partition coefficient (Wildman–Crippen LogP) is 1.34. The van der Waals surface area contributed by atoms with E-state index in [1.54, 1.807) is 7.11 Å². The second-order valence-corrected chi connectivity index (χ2v) is 3.38. The molecule has 3 heteroatoms. The van der Waals surface area contributed by atoms with E-state index in [2.05, 4.69) is 0 Å². The summed E-state index contributed by atoms with van der Waals surface area (Å²) in [5.74, 6) is 0.620. The molecule has 0 radical (unpaired) electrons. The van der Waals surface area contributed by atoms with E-state index in [1.165, 1.54) is 0 Å². The van der Waals surface area contributed by atoms with Gasteiger partial charge in [-0.15, -0.1) is 0 Å². The van der Waals surface area contributed by atoms with Crippen LogP contribution in [0.25, 0.3) is 0 Å². The number of methoxy groups -OCH3 is 1. The van der Waals surface area contributed by atoms with Gasteiger partial charge in [-0.1, -0.05) is 0 Å². The maximum Gasteiger partial charge on any atom is 0.125 e. The van der Waals surface area contributed by atoms with Gasteiger partial charge < -0.3 is 14.9 Å². The smallest absolute Gasteiger partial charge is 0.125 e. The summed E-state index contributed by atoms with van der Waals surface area (Å²) in [6.07, 6.45) is -0.871. The molecule has 0 aromatic heterocycles. The Kier molecular flexibility index (Phi) is 3.49. The van der Waals surface area contributed by atoms with Crippen LogP contribution in [-0.4, -0.2) is 23.9 Å². The molecule has 0 amide bonds. The lowest BCUT2D eigenvalue weighted by molar-refractivity contribution is 0.0933. The largest absolute Gasteiger partial charge is 0.496 e. The van der Waals surface area contributed by atoms with E-state index in [4.69, 9.17) is 9.84 Å². The summed E-state index contributed by atoms with van der Waals surface area (Å²) in [5, 5.41) is 18.4.